The predicted octanol–water partition coefficient (Wildman–Crippen LogP) is 2.66. The van der Waals surface area contributed by atoms with Crippen LogP contribution in [0.3, 0.4) is 0 Å². The summed E-state index contributed by atoms with van der Waals surface area (Å²) in [7, 11) is 0. The van der Waals surface area contributed by atoms with Gasteiger partial charge in [-0.25, -0.2) is 9.79 Å². The number of nitrogens with zero attached hydrogens (tertiary/aromatic N) is 3. The Bertz CT molecular complexity index is 428. The molecule has 1 saturated carbocycles. The molecule has 1 saturated heterocycles. The summed E-state index contributed by atoms with van der Waals surface area (Å²) in [4.78, 5) is 20.5. The van der Waals surface area contributed by atoms with Gasteiger partial charge >= 0.3 is 6.09 Å². The number of halogens is 1. The molecule has 6 nitrogen and oxygen atoms in total. The smallest absolute Gasteiger partial charge is 0.410 e. The van der Waals surface area contributed by atoms with E-state index in [1.165, 1.54) is 19.3 Å². The molecular weight excluding hydrogens is 407 g/mol. The van der Waals surface area contributed by atoms with Crippen molar-refractivity contribution in [3.05, 3.63) is 0 Å². The van der Waals surface area contributed by atoms with Gasteiger partial charge in [0.1, 0.15) is 5.60 Å². The molecule has 2 N–H and O–H groups in total. The molecule has 1 amide bonds. The summed E-state index contributed by atoms with van der Waals surface area (Å²) in [5.74, 6) is 1.36. The number of carbonyl (C=O) groups is 1. The molecule has 134 valence electrons. The Labute approximate surface area is 156 Å². The maximum Gasteiger partial charge on any atom is 0.410 e. The minimum absolute atomic E-state index is 0. The van der Waals surface area contributed by atoms with Crippen LogP contribution in [0.2, 0.25) is 0 Å². The molecular formula is C16H31IN4O2. The largest absolute Gasteiger partial charge is 0.444 e. The van der Waals surface area contributed by atoms with E-state index in [-0.39, 0.29) is 30.1 Å². The zero-order valence-corrected chi connectivity index (χ0v) is 17.1. The third-order valence-corrected chi connectivity index (χ3v) is 4.10. The molecule has 0 spiro atoms. The quantitative estimate of drug-likeness (QED) is 0.418. The molecule has 7 heteroatoms. The minimum Gasteiger partial charge on any atom is -0.444 e. The topological polar surface area (TPSA) is 71.2 Å². The second-order valence-corrected chi connectivity index (χ2v) is 7.29. The summed E-state index contributed by atoms with van der Waals surface area (Å²) in [5, 5.41) is 0. The number of piperazine rings is 1. The highest BCUT2D eigenvalue weighted by Gasteiger charge is 2.36. The zero-order chi connectivity index (χ0) is 16.3. The number of hydrogen-bond acceptors (Lipinski definition) is 3. The molecule has 0 radical (unpaired) electrons. The summed E-state index contributed by atoms with van der Waals surface area (Å²) in [5.41, 5.74) is 5.66. The number of ether oxygens (including phenoxy) is 1. The normalized spacial score (nSPS) is 25.0. The zero-order valence-electron chi connectivity index (χ0n) is 14.7. The summed E-state index contributed by atoms with van der Waals surface area (Å²) in [6.45, 7) is 10.6. The molecule has 23 heavy (non-hydrogen) atoms. The average Bonchev–Trinajstić information content (AvgIpc) is 3.15. The fraction of sp³-hybridized carbons (Fsp3) is 0.875. The van der Waals surface area contributed by atoms with Gasteiger partial charge in [-0.3, -0.25) is 0 Å². The maximum absolute atomic E-state index is 12.0. The van der Waals surface area contributed by atoms with E-state index < -0.39 is 5.60 Å². The SMILES string of the molecule is CCCC1CC1N=C(N)N1CCN(C(=O)OC(C)(C)C)CC1.I. The lowest BCUT2D eigenvalue weighted by Crippen LogP contribution is -2.53. The Balaban J connectivity index is 0.00000264. The number of carbonyl (C=O) groups excluding carboxylic acids is 1. The van der Waals surface area contributed by atoms with Gasteiger partial charge in [0, 0.05) is 26.2 Å². The first-order chi connectivity index (χ1) is 10.3. The molecule has 1 aliphatic carbocycles. The summed E-state index contributed by atoms with van der Waals surface area (Å²) in [6.07, 6.45) is 3.39. The maximum atomic E-state index is 12.0. The van der Waals surface area contributed by atoms with E-state index in [2.05, 4.69) is 16.8 Å². The Morgan fingerprint density at radius 2 is 1.78 bits per heavy atom. The standard InChI is InChI=1S/C16H30N4O2.HI/c1-5-6-12-11-13(12)18-14(17)19-7-9-20(10-8-19)15(21)22-16(2,3)4;/h12-13H,5-11H2,1-4H3,(H2,17,18);1H. The van der Waals surface area contributed by atoms with Crippen molar-refractivity contribution in [2.45, 2.75) is 58.6 Å². The van der Waals surface area contributed by atoms with Gasteiger partial charge in [-0.15, -0.1) is 24.0 Å². The van der Waals surface area contributed by atoms with Crippen LogP contribution in [0.4, 0.5) is 4.79 Å². The lowest BCUT2D eigenvalue weighted by molar-refractivity contribution is 0.0186. The lowest BCUT2D eigenvalue weighted by Gasteiger charge is -2.36. The number of nitrogens with two attached hydrogens (primary N) is 1. The fourth-order valence-corrected chi connectivity index (χ4v) is 2.77. The third kappa shape index (κ3) is 6.35. The van der Waals surface area contributed by atoms with Gasteiger partial charge in [0.25, 0.3) is 0 Å². The molecule has 0 aromatic carbocycles. The van der Waals surface area contributed by atoms with E-state index in [0.717, 1.165) is 19.0 Å². The monoisotopic (exact) mass is 438 g/mol. The van der Waals surface area contributed by atoms with Crippen LogP contribution in [-0.2, 0) is 4.74 Å². The Kier molecular flexibility index (Phi) is 7.41. The van der Waals surface area contributed by atoms with Crippen molar-refractivity contribution >= 4 is 36.0 Å². The van der Waals surface area contributed by atoms with Gasteiger partial charge < -0.3 is 20.3 Å². The first kappa shape index (κ1) is 20.3. The Hall–Kier alpha value is -0.730. The van der Waals surface area contributed by atoms with Crippen molar-refractivity contribution in [3.63, 3.8) is 0 Å². The molecule has 2 rings (SSSR count). The van der Waals surface area contributed by atoms with E-state index in [4.69, 9.17) is 10.5 Å². The average molecular weight is 438 g/mol. The number of guanidine groups is 1. The van der Waals surface area contributed by atoms with E-state index in [1.54, 1.807) is 4.90 Å². The van der Waals surface area contributed by atoms with Crippen LogP contribution in [0.1, 0.15) is 47.0 Å². The molecule has 0 aromatic rings. The highest BCUT2D eigenvalue weighted by Crippen LogP contribution is 2.37. The fourth-order valence-electron chi connectivity index (χ4n) is 2.77. The van der Waals surface area contributed by atoms with Crippen LogP contribution < -0.4 is 5.73 Å². The number of rotatable bonds is 3. The van der Waals surface area contributed by atoms with Gasteiger partial charge in [0.2, 0.25) is 0 Å². The predicted molar refractivity (Wildman–Crippen MR) is 103 cm³/mol. The molecule has 2 atom stereocenters. The van der Waals surface area contributed by atoms with Crippen LogP contribution in [0, 0.1) is 5.92 Å². The molecule has 0 aromatic heterocycles. The first-order valence-corrected chi connectivity index (χ1v) is 8.36. The number of aliphatic imine (C=N–C) groups is 1. The van der Waals surface area contributed by atoms with E-state index in [9.17, 15) is 4.79 Å². The number of amides is 1. The number of hydrogen-bond donors (Lipinski definition) is 1. The van der Waals surface area contributed by atoms with Crippen LogP contribution in [0.25, 0.3) is 0 Å². The molecule has 2 fully saturated rings. The van der Waals surface area contributed by atoms with Crippen molar-refractivity contribution in [3.8, 4) is 0 Å². The van der Waals surface area contributed by atoms with E-state index in [1.807, 2.05) is 20.8 Å². The van der Waals surface area contributed by atoms with Crippen molar-refractivity contribution < 1.29 is 9.53 Å². The highest BCUT2D eigenvalue weighted by molar-refractivity contribution is 14.0. The van der Waals surface area contributed by atoms with E-state index >= 15 is 0 Å². The minimum atomic E-state index is -0.449. The Morgan fingerprint density at radius 1 is 1.22 bits per heavy atom. The van der Waals surface area contributed by atoms with Gasteiger partial charge in [-0.2, -0.15) is 0 Å². The second-order valence-electron chi connectivity index (χ2n) is 7.29. The molecule has 2 aliphatic rings. The molecule has 0 bridgehead atoms. The van der Waals surface area contributed by atoms with Crippen LogP contribution in [0.15, 0.2) is 4.99 Å². The van der Waals surface area contributed by atoms with Crippen molar-refractivity contribution in [2.24, 2.45) is 16.6 Å². The van der Waals surface area contributed by atoms with Gasteiger partial charge in [-0.1, -0.05) is 13.3 Å². The third-order valence-electron chi connectivity index (χ3n) is 4.10. The highest BCUT2D eigenvalue weighted by atomic mass is 127. The molecule has 2 unspecified atom stereocenters. The molecule has 1 heterocycles. The van der Waals surface area contributed by atoms with Gasteiger partial charge in [0.15, 0.2) is 5.96 Å². The van der Waals surface area contributed by atoms with Crippen LogP contribution >= 0.6 is 24.0 Å². The molecule has 1 aliphatic heterocycles. The summed E-state index contributed by atoms with van der Waals surface area (Å²) >= 11 is 0. The van der Waals surface area contributed by atoms with Crippen LogP contribution in [-0.4, -0.2) is 59.7 Å². The van der Waals surface area contributed by atoms with Crippen LogP contribution in [0.5, 0.6) is 0 Å². The first-order valence-electron chi connectivity index (χ1n) is 8.36. The summed E-state index contributed by atoms with van der Waals surface area (Å²) in [6, 6.07) is 0.420. The Morgan fingerprint density at radius 3 is 2.30 bits per heavy atom. The second kappa shape index (κ2) is 8.39. The summed E-state index contributed by atoms with van der Waals surface area (Å²) < 4.78 is 5.40. The van der Waals surface area contributed by atoms with E-state index in [0.29, 0.717) is 25.1 Å². The lowest BCUT2D eigenvalue weighted by atomic mass is 10.2. The van der Waals surface area contributed by atoms with Crippen molar-refractivity contribution in [1.29, 1.82) is 0 Å². The van der Waals surface area contributed by atoms with Gasteiger partial charge in [0.05, 0.1) is 6.04 Å². The van der Waals surface area contributed by atoms with Gasteiger partial charge in [-0.05, 0) is 39.5 Å². The van der Waals surface area contributed by atoms with Crippen molar-refractivity contribution in [1.82, 2.24) is 9.80 Å². The van der Waals surface area contributed by atoms with Crippen molar-refractivity contribution in [2.75, 3.05) is 26.2 Å².